The first-order chi connectivity index (χ1) is 11.8. The van der Waals surface area contributed by atoms with Crippen molar-refractivity contribution in [3.05, 3.63) is 41.1 Å². The summed E-state index contributed by atoms with van der Waals surface area (Å²) in [5.41, 5.74) is 1.34. The number of nitrogens with zero attached hydrogens (tertiary/aromatic N) is 4. The molecule has 0 aliphatic carbocycles. The van der Waals surface area contributed by atoms with E-state index in [1.54, 1.807) is 11.8 Å². The molecule has 25 heavy (non-hydrogen) atoms. The van der Waals surface area contributed by atoms with E-state index in [0.29, 0.717) is 23.0 Å². The van der Waals surface area contributed by atoms with Gasteiger partial charge in [-0.3, -0.25) is 0 Å². The van der Waals surface area contributed by atoms with Crippen LogP contribution in [-0.2, 0) is 9.53 Å². The number of tetrazole rings is 1. The molecule has 2 heterocycles. The maximum atomic E-state index is 12.9. The van der Waals surface area contributed by atoms with Crippen molar-refractivity contribution in [2.24, 2.45) is 0 Å². The fraction of sp³-hybridized carbons (Fsp3) is 0.412. The lowest BCUT2D eigenvalue weighted by Gasteiger charge is -2.29. The van der Waals surface area contributed by atoms with Crippen LogP contribution in [0.5, 0.6) is 5.75 Å². The molecular weight excluding hydrogens is 322 g/mol. The maximum absolute atomic E-state index is 12.9. The predicted molar refractivity (Wildman–Crippen MR) is 91.1 cm³/mol. The van der Waals surface area contributed by atoms with Crippen molar-refractivity contribution in [3.63, 3.8) is 0 Å². The first kappa shape index (κ1) is 16.9. The molecule has 0 saturated carbocycles. The summed E-state index contributed by atoms with van der Waals surface area (Å²) in [6.45, 7) is 7.31. The van der Waals surface area contributed by atoms with E-state index in [1.165, 1.54) is 0 Å². The maximum Gasteiger partial charge on any atom is 0.338 e. The average molecular weight is 343 g/mol. The van der Waals surface area contributed by atoms with Crippen LogP contribution in [0.25, 0.3) is 0 Å². The summed E-state index contributed by atoms with van der Waals surface area (Å²) in [6, 6.07) is 6.97. The lowest BCUT2D eigenvalue weighted by atomic mass is 9.95. The molecule has 0 amide bonds. The molecule has 1 aromatic heterocycles. The van der Waals surface area contributed by atoms with Gasteiger partial charge in [-0.25, -0.2) is 4.79 Å². The summed E-state index contributed by atoms with van der Waals surface area (Å²) >= 11 is 0. The van der Waals surface area contributed by atoms with Gasteiger partial charge >= 0.3 is 5.97 Å². The van der Waals surface area contributed by atoms with E-state index in [2.05, 4.69) is 20.8 Å². The van der Waals surface area contributed by atoms with Gasteiger partial charge in [0.15, 0.2) is 0 Å². The Morgan fingerprint density at radius 1 is 1.32 bits per heavy atom. The number of methoxy groups -OCH3 is 1. The number of hydrogen-bond donors (Lipinski definition) is 1. The molecule has 0 bridgehead atoms. The van der Waals surface area contributed by atoms with Crippen molar-refractivity contribution in [2.75, 3.05) is 12.4 Å². The number of carbonyl (C=O) groups excluding carboxylic acids is 1. The van der Waals surface area contributed by atoms with Crippen molar-refractivity contribution < 1.29 is 14.3 Å². The van der Waals surface area contributed by atoms with Gasteiger partial charge in [-0.1, -0.05) is 17.2 Å². The minimum atomic E-state index is -0.607. The Hall–Kier alpha value is -2.90. The highest BCUT2D eigenvalue weighted by molar-refractivity contribution is 5.92. The van der Waals surface area contributed by atoms with Crippen LogP contribution in [0.1, 0.15) is 39.3 Å². The number of hydrogen-bond acceptors (Lipinski definition) is 7. The number of anilines is 1. The number of rotatable bonds is 3. The molecule has 1 atom stereocenters. The van der Waals surface area contributed by atoms with Crippen LogP contribution in [-0.4, -0.2) is 38.9 Å². The van der Waals surface area contributed by atoms with Crippen molar-refractivity contribution in [3.8, 4) is 5.75 Å². The van der Waals surface area contributed by atoms with Crippen molar-refractivity contribution >= 4 is 11.9 Å². The number of ether oxygens (including phenoxy) is 2. The summed E-state index contributed by atoms with van der Waals surface area (Å²) < 4.78 is 12.5. The highest BCUT2D eigenvalue weighted by Gasteiger charge is 2.36. The van der Waals surface area contributed by atoms with Gasteiger partial charge in [0.25, 0.3) is 0 Å². The smallest absolute Gasteiger partial charge is 0.338 e. The Labute approximate surface area is 145 Å². The molecule has 8 nitrogen and oxygen atoms in total. The molecular formula is C17H21N5O3. The van der Waals surface area contributed by atoms with Gasteiger partial charge in [-0.15, -0.1) is 0 Å². The van der Waals surface area contributed by atoms with Crippen molar-refractivity contribution in [2.45, 2.75) is 39.3 Å². The number of fused-ring (bicyclic) bond motifs is 1. The van der Waals surface area contributed by atoms with Gasteiger partial charge in [-0.05, 0) is 55.8 Å². The third-order valence-corrected chi connectivity index (χ3v) is 3.74. The fourth-order valence-electron chi connectivity index (χ4n) is 2.73. The highest BCUT2D eigenvalue weighted by atomic mass is 16.6. The molecule has 0 spiro atoms. The quantitative estimate of drug-likeness (QED) is 0.855. The molecule has 1 N–H and O–H groups in total. The zero-order valence-corrected chi connectivity index (χ0v) is 14.9. The highest BCUT2D eigenvalue weighted by Crippen LogP contribution is 2.36. The fourth-order valence-corrected chi connectivity index (χ4v) is 2.73. The minimum absolute atomic E-state index is 0.411. The summed E-state index contributed by atoms with van der Waals surface area (Å²) in [5, 5.41) is 14.8. The Morgan fingerprint density at radius 3 is 2.76 bits per heavy atom. The second-order valence-corrected chi connectivity index (χ2v) is 6.79. The summed E-state index contributed by atoms with van der Waals surface area (Å²) in [5.74, 6) is 0.746. The monoisotopic (exact) mass is 343 g/mol. The van der Waals surface area contributed by atoms with Crippen molar-refractivity contribution in [1.82, 2.24) is 20.2 Å². The third kappa shape index (κ3) is 3.33. The van der Waals surface area contributed by atoms with Crippen LogP contribution in [0, 0.1) is 0 Å². The number of benzene rings is 1. The molecule has 0 radical (unpaired) electrons. The van der Waals surface area contributed by atoms with E-state index in [4.69, 9.17) is 9.47 Å². The largest absolute Gasteiger partial charge is 0.497 e. The topological polar surface area (TPSA) is 91.2 Å². The molecule has 1 aliphatic rings. The Bertz CT molecular complexity index is 835. The zero-order valence-electron chi connectivity index (χ0n) is 14.9. The normalized spacial score (nSPS) is 16.9. The van der Waals surface area contributed by atoms with E-state index in [-0.39, 0.29) is 0 Å². The van der Waals surface area contributed by atoms with Gasteiger partial charge in [0, 0.05) is 5.70 Å². The molecule has 1 aromatic carbocycles. The lowest BCUT2D eigenvalue weighted by molar-refractivity contribution is -0.150. The molecule has 0 fully saturated rings. The number of esters is 1. The van der Waals surface area contributed by atoms with Crippen LogP contribution in [0.3, 0.4) is 0 Å². The Morgan fingerprint density at radius 2 is 2.08 bits per heavy atom. The molecule has 132 valence electrons. The number of carbonyl (C=O) groups is 1. The van der Waals surface area contributed by atoms with Gasteiger partial charge in [0.05, 0.1) is 12.7 Å². The van der Waals surface area contributed by atoms with Crippen LogP contribution in [0.4, 0.5) is 5.95 Å². The number of allylic oxidation sites excluding steroid dienone is 1. The van der Waals surface area contributed by atoms with E-state index < -0.39 is 17.6 Å². The average Bonchev–Trinajstić information content (AvgIpc) is 2.99. The molecule has 1 aliphatic heterocycles. The van der Waals surface area contributed by atoms with Gasteiger partial charge in [-0.2, -0.15) is 4.68 Å². The van der Waals surface area contributed by atoms with Crippen LogP contribution >= 0.6 is 0 Å². The first-order valence-electron chi connectivity index (χ1n) is 7.93. The summed E-state index contributed by atoms with van der Waals surface area (Å²) in [6.07, 6.45) is 0. The van der Waals surface area contributed by atoms with Gasteiger partial charge in [0.2, 0.25) is 5.95 Å². The summed E-state index contributed by atoms with van der Waals surface area (Å²) in [4.78, 5) is 12.9. The molecule has 8 heteroatoms. The molecule has 0 saturated heterocycles. The second-order valence-electron chi connectivity index (χ2n) is 6.79. The van der Waals surface area contributed by atoms with E-state index in [9.17, 15) is 4.79 Å². The minimum Gasteiger partial charge on any atom is -0.497 e. The van der Waals surface area contributed by atoms with E-state index >= 15 is 0 Å². The first-order valence-corrected chi connectivity index (χ1v) is 7.93. The third-order valence-electron chi connectivity index (χ3n) is 3.74. The SMILES string of the molecule is COc1cccc([C@@H]2C(C(=O)OC(C)(C)C)=C(C)Nc3nnnn32)c1. The molecule has 0 unspecified atom stereocenters. The van der Waals surface area contributed by atoms with Crippen LogP contribution in [0.2, 0.25) is 0 Å². The van der Waals surface area contributed by atoms with Crippen LogP contribution in [0.15, 0.2) is 35.5 Å². The number of nitrogens with one attached hydrogen (secondary N) is 1. The predicted octanol–water partition coefficient (Wildman–Crippen LogP) is 2.31. The van der Waals surface area contributed by atoms with Gasteiger partial charge < -0.3 is 14.8 Å². The van der Waals surface area contributed by atoms with E-state index in [1.807, 2.05) is 52.0 Å². The van der Waals surface area contributed by atoms with Crippen LogP contribution < -0.4 is 10.1 Å². The molecule has 3 rings (SSSR count). The summed E-state index contributed by atoms with van der Waals surface area (Å²) in [7, 11) is 1.60. The molecule has 2 aromatic rings. The Kier molecular flexibility index (Phi) is 4.20. The van der Waals surface area contributed by atoms with Crippen molar-refractivity contribution in [1.29, 1.82) is 0 Å². The Balaban J connectivity index is 2.11. The lowest BCUT2D eigenvalue weighted by Crippen LogP contribution is -2.33. The standard InChI is InChI=1S/C17H21N5O3/c1-10-13(15(23)25-17(2,3)4)14(22-16(18-10)19-20-21-22)11-7-6-8-12(9-11)24-5/h6-9,14H,1-5H3,(H,18,19,21)/t14-/m1/s1. The van der Waals surface area contributed by atoms with Gasteiger partial charge in [0.1, 0.15) is 17.4 Å². The zero-order chi connectivity index (χ0) is 18.2. The second kappa shape index (κ2) is 6.19. The number of aromatic nitrogens is 4. The van der Waals surface area contributed by atoms with E-state index in [0.717, 1.165) is 5.56 Å².